The molecule has 0 spiro atoms. The molecule has 1 unspecified atom stereocenters. The van der Waals surface area contributed by atoms with Gasteiger partial charge in [0.15, 0.2) is 6.29 Å². The number of aliphatic hydroxyl groups is 1. The van der Waals surface area contributed by atoms with E-state index in [0.717, 1.165) is 11.1 Å². The standard InChI is InChI=1S/C17H15NO4/c19-17-10-13(7-6-12-4-2-1-3-5-12)15-11-14(18(20)21)8-9-16(15)22-17/h1-9,11,13,17,19H,10H2/t13?,17-/m1/s1. The Balaban J connectivity index is 1.94. The maximum absolute atomic E-state index is 10.9. The van der Waals surface area contributed by atoms with Crippen LogP contribution >= 0.6 is 0 Å². The average Bonchev–Trinajstić information content (AvgIpc) is 2.53. The Morgan fingerprint density at radius 1 is 1.23 bits per heavy atom. The van der Waals surface area contributed by atoms with Crippen LogP contribution in [0.1, 0.15) is 23.5 Å². The van der Waals surface area contributed by atoms with E-state index in [-0.39, 0.29) is 11.6 Å². The van der Waals surface area contributed by atoms with Gasteiger partial charge in [-0.15, -0.1) is 0 Å². The van der Waals surface area contributed by atoms with Crippen molar-refractivity contribution in [2.24, 2.45) is 0 Å². The molecular formula is C17H15NO4. The number of fused-ring (bicyclic) bond motifs is 1. The molecule has 0 bridgehead atoms. The number of allylic oxidation sites excluding steroid dienone is 1. The minimum absolute atomic E-state index is 0.0249. The molecule has 22 heavy (non-hydrogen) atoms. The molecule has 2 aromatic rings. The molecule has 5 nitrogen and oxygen atoms in total. The van der Waals surface area contributed by atoms with Crippen molar-refractivity contribution in [3.63, 3.8) is 0 Å². The molecule has 5 heteroatoms. The number of nitrogens with zero attached hydrogens (tertiary/aromatic N) is 1. The third kappa shape index (κ3) is 2.99. The zero-order valence-electron chi connectivity index (χ0n) is 11.8. The van der Waals surface area contributed by atoms with Crippen LogP contribution in [0.4, 0.5) is 5.69 Å². The van der Waals surface area contributed by atoms with E-state index in [9.17, 15) is 15.2 Å². The van der Waals surface area contributed by atoms with Gasteiger partial charge >= 0.3 is 0 Å². The number of nitro benzene ring substituents is 1. The van der Waals surface area contributed by atoms with Gasteiger partial charge < -0.3 is 9.84 Å². The van der Waals surface area contributed by atoms with Gasteiger partial charge in [0.25, 0.3) is 5.69 Å². The second kappa shape index (κ2) is 5.99. The molecule has 2 aromatic carbocycles. The summed E-state index contributed by atoms with van der Waals surface area (Å²) >= 11 is 0. The van der Waals surface area contributed by atoms with E-state index in [2.05, 4.69) is 0 Å². The Labute approximate surface area is 127 Å². The van der Waals surface area contributed by atoms with Crippen LogP contribution in [0.25, 0.3) is 6.08 Å². The summed E-state index contributed by atoms with van der Waals surface area (Å²) in [5, 5.41) is 20.7. The normalized spacial score (nSPS) is 20.4. The molecule has 0 amide bonds. The SMILES string of the molecule is O=[N+]([O-])c1ccc2c(c1)C(C=Cc1ccccc1)C[C@H](O)O2. The number of non-ortho nitro benzene ring substituents is 1. The maximum Gasteiger partial charge on any atom is 0.269 e. The van der Waals surface area contributed by atoms with Gasteiger partial charge in [-0.05, 0) is 11.6 Å². The number of benzene rings is 2. The van der Waals surface area contributed by atoms with Crippen LogP contribution in [0.3, 0.4) is 0 Å². The first-order valence-electron chi connectivity index (χ1n) is 7.00. The molecule has 1 aliphatic heterocycles. The summed E-state index contributed by atoms with van der Waals surface area (Å²) in [5.74, 6) is 0.367. The van der Waals surface area contributed by atoms with Crippen LogP contribution in [0.2, 0.25) is 0 Å². The van der Waals surface area contributed by atoms with Gasteiger partial charge in [0, 0.05) is 30.0 Å². The number of rotatable bonds is 3. The Morgan fingerprint density at radius 3 is 2.73 bits per heavy atom. The van der Waals surface area contributed by atoms with Crippen LogP contribution in [0, 0.1) is 10.1 Å². The highest BCUT2D eigenvalue weighted by Crippen LogP contribution is 2.38. The van der Waals surface area contributed by atoms with Gasteiger partial charge in [-0.2, -0.15) is 0 Å². The van der Waals surface area contributed by atoms with Gasteiger partial charge in [-0.3, -0.25) is 10.1 Å². The lowest BCUT2D eigenvalue weighted by molar-refractivity contribution is -0.385. The third-order valence-electron chi connectivity index (χ3n) is 3.64. The first kappa shape index (κ1) is 14.3. The smallest absolute Gasteiger partial charge is 0.269 e. The lowest BCUT2D eigenvalue weighted by Crippen LogP contribution is -2.24. The van der Waals surface area contributed by atoms with E-state index in [1.807, 2.05) is 42.5 Å². The summed E-state index contributed by atoms with van der Waals surface area (Å²) in [6.45, 7) is 0. The number of nitro groups is 1. The summed E-state index contributed by atoms with van der Waals surface area (Å²) in [6, 6.07) is 14.2. The molecule has 0 aromatic heterocycles. The van der Waals surface area contributed by atoms with E-state index >= 15 is 0 Å². The molecule has 0 saturated carbocycles. The number of ether oxygens (including phenoxy) is 1. The van der Waals surface area contributed by atoms with Gasteiger partial charge in [-0.25, -0.2) is 0 Å². The number of hydrogen-bond acceptors (Lipinski definition) is 4. The monoisotopic (exact) mass is 297 g/mol. The van der Waals surface area contributed by atoms with Crippen LogP contribution in [0.15, 0.2) is 54.6 Å². The topological polar surface area (TPSA) is 72.6 Å². The van der Waals surface area contributed by atoms with Crippen molar-refractivity contribution in [3.8, 4) is 5.75 Å². The first-order valence-corrected chi connectivity index (χ1v) is 7.00. The number of hydrogen-bond donors (Lipinski definition) is 1. The lowest BCUT2D eigenvalue weighted by atomic mass is 9.91. The highest BCUT2D eigenvalue weighted by atomic mass is 16.6. The summed E-state index contributed by atoms with van der Waals surface area (Å²) < 4.78 is 5.35. The van der Waals surface area contributed by atoms with Crippen molar-refractivity contribution >= 4 is 11.8 Å². The van der Waals surface area contributed by atoms with Crippen molar-refractivity contribution in [1.29, 1.82) is 0 Å². The van der Waals surface area contributed by atoms with E-state index in [1.54, 1.807) is 6.07 Å². The van der Waals surface area contributed by atoms with Gasteiger partial charge in [-0.1, -0.05) is 42.5 Å². The molecule has 0 fully saturated rings. The average molecular weight is 297 g/mol. The van der Waals surface area contributed by atoms with E-state index in [1.165, 1.54) is 12.1 Å². The van der Waals surface area contributed by atoms with Crippen molar-refractivity contribution in [1.82, 2.24) is 0 Å². The highest BCUT2D eigenvalue weighted by Gasteiger charge is 2.27. The lowest BCUT2D eigenvalue weighted by Gasteiger charge is -2.27. The summed E-state index contributed by atoms with van der Waals surface area (Å²) in [7, 11) is 0. The Kier molecular flexibility index (Phi) is 3.89. The second-order valence-electron chi connectivity index (χ2n) is 5.16. The van der Waals surface area contributed by atoms with Crippen LogP contribution in [0.5, 0.6) is 5.75 Å². The van der Waals surface area contributed by atoms with E-state index in [0.29, 0.717) is 12.2 Å². The fourth-order valence-corrected chi connectivity index (χ4v) is 2.56. The van der Waals surface area contributed by atoms with Gasteiger partial charge in [0.2, 0.25) is 0 Å². The quantitative estimate of drug-likeness (QED) is 0.695. The zero-order chi connectivity index (χ0) is 15.5. The molecule has 3 rings (SSSR count). The molecule has 0 aliphatic carbocycles. The predicted octanol–water partition coefficient (Wildman–Crippen LogP) is 3.49. The zero-order valence-corrected chi connectivity index (χ0v) is 11.8. The van der Waals surface area contributed by atoms with Crippen molar-refractivity contribution in [2.45, 2.75) is 18.6 Å². The van der Waals surface area contributed by atoms with Crippen molar-refractivity contribution < 1.29 is 14.8 Å². The largest absolute Gasteiger partial charge is 0.465 e. The van der Waals surface area contributed by atoms with Crippen LogP contribution in [-0.2, 0) is 0 Å². The fraction of sp³-hybridized carbons (Fsp3) is 0.176. The highest BCUT2D eigenvalue weighted by molar-refractivity contribution is 5.54. The number of aliphatic hydroxyl groups excluding tert-OH is 1. The summed E-state index contributed by atoms with van der Waals surface area (Å²) in [6.07, 6.45) is 3.37. The van der Waals surface area contributed by atoms with Crippen LogP contribution in [-0.4, -0.2) is 16.3 Å². The van der Waals surface area contributed by atoms with E-state index in [4.69, 9.17) is 4.74 Å². The molecule has 112 valence electrons. The fourth-order valence-electron chi connectivity index (χ4n) is 2.56. The Hall–Kier alpha value is -2.66. The molecule has 1 aliphatic rings. The first-order chi connectivity index (χ1) is 10.6. The second-order valence-corrected chi connectivity index (χ2v) is 5.16. The molecule has 0 saturated heterocycles. The van der Waals surface area contributed by atoms with Crippen LogP contribution < -0.4 is 4.74 Å². The summed E-state index contributed by atoms with van der Waals surface area (Å²) in [5.41, 5.74) is 1.79. The Morgan fingerprint density at radius 2 is 2.00 bits per heavy atom. The molecule has 1 N–H and O–H groups in total. The minimum Gasteiger partial charge on any atom is -0.465 e. The van der Waals surface area contributed by atoms with E-state index < -0.39 is 11.2 Å². The molecule has 0 radical (unpaired) electrons. The molecular weight excluding hydrogens is 282 g/mol. The molecule has 1 heterocycles. The predicted molar refractivity (Wildman–Crippen MR) is 82.6 cm³/mol. The maximum atomic E-state index is 10.9. The van der Waals surface area contributed by atoms with Crippen molar-refractivity contribution in [3.05, 3.63) is 75.8 Å². The Bertz CT molecular complexity index is 712. The third-order valence-corrected chi connectivity index (χ3v) is 3.64. The minimum atomic E-state index is -0.903. The molecule has 2 atom stereocenters. The van der Waals surface area contributed by atoms with Gasteiger partial charge in [0.1, 0.15) is 5.75 Å². The van der Waals surface area contributed by atoms with Crippen molar-refractivity contribution in [2.75, 3.05) is 0 Å². The summed E-state index contributed by atoms with van der Waals surface area (Å²) in [4.78, 5) is 10.5. The van der Waals surface area contributed by atoms with Gasteiger partial charge in [0.05, 0.1) is 4.92 Å².